The minimum absolute atomic E-state index is 0.546. The zero-order chi connectivity index (χ0) is 13.7. The van der Waals surface area contributed by atoms with Crippen molar-refractivity contribution in [2.75, 3.05) is 26.2 Å². The lowest BCUT2D eigenvalue weighted by atomic mass is 9.80. The lowest BCUT2D eigenvalue weighted by molar-refractivity contribution is 0.176. The number of aryl methyl sites for hydroxylation is 1. The summed E-state index contributed by atoms with van der Waals surface area (Å²) in [6, 6.07) is 9.11. The molecule has 1 aromatic rings. The Balaban J connectivity index is 2.03. The normalized spacial score (nSPS) is 19.5. The van der Waals surface area contributed by atoms with Gasteiger partial charge >= 0.3 is 0 Å². The van der Waals surface area contributed by atoms with Crippen molar-refractivity contribution in [2.24, 2.45) is 11.7 Å². The molecule has 0 aromatic heterocycles. The third kappa shape index (κ3) is 3.58. The molecule has 1 heterocycles. The molecule has 0 bridgehead atoms. The van der Waals surface area contributed by atoms with Gasteiger partial charge in [-0.1, -0.05) is 38.1 Å². The van der Waals surface area contributed by atoms with E-state index in [1.165, 1.54) is 43.6 Å². The maximum absolute atomic E-state index is 6.06. The van der Waals surface area contributed by atoms with Gasteiger partial charge in [-0.3, -0.25) is 0 Å². The van der Waals surface area contributed by atoms with Crippen molar-refractivity contribution in [3.05, 3.63) is 35.4 Å². The Hall–Kier alpha value is -0.860. The molecule has 0 aliphatic carbocycles. The number of hydrogen-bond donors (Lipinski definition) is 1. The van der Waals surface area contributed by atoms with Gasteiger partial charge in [-0.15, -0.1) is 0 Å². The molecule has 1 atom stereocenters. The van der Waals surface area contributed by atoms with Gasteiger partial charge in [0.15, 0.2) is 0 Å². The second-order valence-corrected chi connectivity index (χ2v) is 5.71. The predicted octanol–water partition coefficient (Wildman–Crippen LogP) is 3.02. The van der Waals surface area contributed by atoms with Crippen LogP contribution in [0, 0.1) is 5.92 Å². The average Bonchev–Trinajstić information content (AvgIpc) is 2.49. The summed E-state index contributed by atoms with van der Waals surface area (Å²) in [5.74, 6) is 1.31. The Morgan fingerprint density at radius 2 is 1.79 bits per heavy atom. The molecule has 1 aromatic carbocycles. The van der Waals surface area contributed by atoms with Crippen LogP contribution in [0.1, 0.15) is 43.7 Å². The maximum atomic E-state index is 6.06. The number of nitrogens with zero attached hydrogens (tertiary/aromatic N) is 1. The van der Waals surface area contributed by atoms with Crippen molar-refractivity contribution < 1.29 is 0 Å². The van der Waals surface area contributed by atoms with Crippen molar-refractivity contribution in [3.8, 4) is 0 Å². The first kappa shape index (κ1) is 14.5. The van der Waals surface area contributed by atoms with Gasteiger partial charge in [0.1, 0.15) is 0 Å². The van der Waals surface area contributed by atoms with Gasteiger partial charge in [0.05, 0.1) is 0 Å². The number of hydrogen-bond acceptors (Lipinski definition) is 2. The molecular formula is C17H28N2. The highest BCUT2D eigenvalue weighted by atomic mass is 15.1. The first-order valence-corrected chi connectivity index (χ1v) is 7.79. The largest absolute Gasteiger partial charge is 0.330 e. The van der Waals surface area contributed by atoms with Crippen molar-refractivity contribution in [1.82, 2.24) is 4.90 Å². The van der Waals surface area contributed by atoms with E-state index in [1.807, 2.05) is 0 Å². The van der Waals surface area contributed by atoms with Crippen molar-refractivity contribution in [3.63, 3.8) is 0 Å². The fourth-order valence-electron chi connectivity index (χ4n) is 3.27. The number of benzene rings is 1. The van der Waals surface area contributed by atoms with Gasteiger partial charge in [-0.05, 0) is 68.4 Å². The minimum Gasteiger partial charge on any atom is -0.330 e. The van der Waals surface area contributed by atoms with Crippen LogP contribution in [0.4, 0.5) is 0 Å². The Labute approximate surface area is 118 Å². The SMILES string of the molecule is CCc1ccc(C(CN)C2CCN(CC)CC2)cc1. The molecule has 0 amide bonds. The molecule has 1 saturated heterocycles. The number of rotatable bonds is 5. The third-order valence-electron chi connectivity index (χ3n) is 4.72. The summed E-state index contributed by atoms with van der Waals surface area (Å²) in [5, 5.41) is 0. The maximum Gasteiger partial charge on any atom is -0.000555 e. The molecule has 1 fully saturated rings. The quantitative estimate of drug-likeness (QED) is 0.882. The Kier molecular flexibility index (Phi) is 5.41. The molecule has 19 heavy (non-hydrogen) atoms. The van der Waals surface area contributed by atoms with Crippen LogP contribution in [0.3, 0.4) is 0 Å². The second kappa shape index (κ2) is 7.06. The molecule has 0 saturated carbocycles. The van der Waals surface area contributed by atoms with Crippen molar-refractivity contribution >= 4 is 0 Å². The molecule has 0 radical (unpaired) electrons. The minimum atomic E-state index is 0.546. The Bertz CT molecular complexity index is 363. The van der Waals surface area contributed by atoms with E-state index in [1.54, 1.807) is 0 Å². The molecule has 2 rings (SSSR count). The molecular weight excluding hydrogens is 232 g/mol. The zero-order valence-electron chi connectivity index (χ0n) is 12.4. The van der Waals surface area contributed by atoms with Gasteiger partial charge in [0.2, 0.25) is 0 Å². The van der Waals surface area contributed by atoms with E-state index in [0.717, 1.165) is 18.9 Å². The second-order valence-electron chi connectivity index (χ2n) is 5.71. The van der Waals surface area contributed by atoms with Crippen LogP contribution in [-0.2, 0) is 6.42 Å². The van der Waals surface area contributed by atoms with Crippen LogP contribution >= 0.6 is 0 Å². The number of nitrogens with two attached hydrogens (primary N) is 1. The number of likely N-dealkylation sites (tertiary alicyclic amines) is 1. The molecule has 1 aliphatic heterocycles. The van der Waals surface area contributed by atoms with E-state index >= 15 is 0 Å². The lowest BCUT2D eigenvalue weighted by Gasteiger charge is -2.35. The lowest BCUT2D eigenvalue weighted by Crippen LogP contribution is -2.36. The molecule has 2 nitrogen and oxygen atoms in total. The highest BCUT2D eigenvalue weighted by Gasteiger charge is 2.26. The third-order valence-corrected chi connectivity index (χ3v) is 4.72. The highest BCUT2D eigenvalue weighted by Crippen LogP contribution is 2.32. The van der Waals surface area contributed by atoms with E-state index in [2.05, 4.69) is 43.0 Å². The molecule has 1 aliphatic rings. The summed E-state index contributed by atoms with van der Waals surface area (Å²) in [4.78, 5) is 2.55. The fraction of sp³-hybridized carbons (Fsp3) is 0.647. The Morgan fingerprint density at radius 1 is 1.16 bits per heavy atom. The van der Waals surface area contributed by atoms with Gasteiger partial charge in [-0.25, -0.2) is 0 Å². The summed E-state index contributed by atoms with van der Waals surface area (Å²) >= 11 is 0. The van der Waals surface area contributed by atoms with Crippen LogP contribution < -0.4 is 5.73 Å². The van der Waals surface area contributed by atoms with Gasteiger partial charge in [0, 0.05) is 0 Å². The smallest absolute Gasteiger partial charge is 0.000555 e. The summed E-state index contributed by atoms with van der Waals surface area (Å²) < 4.78 is 0. The highest BCUT2D eigenvalue weighted by molar-refractivity contribution is 5.26. The van der Waals surface area contributed by atoms with E-state index in [-0.39, 0.29) is 0 Å². The summed E-state index contributed by atoms with van der Waals surface area (Å²) in [6.07, 6.45) is 3.71. The van der Waals surface area contributed by atoms with Crippen LogP contribution in [0.5, 0.6) is 0 Å². The standard InChI is InChI=1S/C17H28N2/c1-3-14-5-7-15(8-6-14)17(13-18)16-9-11-19(4-2)12-10-16/h5-8,16-17H,3-4,9-13,18H2,1-2H3. The summed E-state index contributed by atoms with van der Waals surface area (Å²) in [5.41, 5.74) is 8.92. The molecule has 1 unspecified atom stereocenters. The topological polar surface area (TPSA) is 29.3 Å². The van der Waals surface area contributed by atoms with E-state index in [0.29, 0.717) is 5.92 Å². The Morgan fingerprint density at radius 3 is 2.26 bits per heavy atom. The zero-order valence-corrected chi connectivity index (χ0v) is 12.4. The fourth-order valence-corrected chi connectivity index (χ4v) is 3.27. The van der Waals surface area contributed by atoms with Gasteiger partial charge < -0.3 is 10.6 Å². The molecule has 2 heteroatoms. The van der Waals surface area contributed by atoms with Crippen molar-refractivity contribution in [1.29, 1.82) is 0 Å². The van der Waals surface area contributed by atoms with E-state index < -0.39 is 0 Å². The van der Waals surface area contributed by atoms with Crippen molar-refractivity contribution in [2.45, 2.75) is 39.0 Å². The number of piperidine rings is 1. The predicted molar refractivity (Wildman–Crippen MR) is 82.5 cm³/mol. The van der Waals surface area contributed by atoms with Crippen LogP contribution in [0.15, 0.2) is 24.3 Å². The van der Waals surface area contributed by atoms with Crippen LogP contribution in [0.25, 0.3) is 0 Å². The van der Waals surface area contributed by atoms with E-state index in [4.69, 9.17) is 5.73 Å². The molecule has 2 N–H and O–H groups in total. The van der Waals surface area contributed by atoms with Crippen LogP contribution in [-0.4, -0.2) is 31.1 Å². The first-order chi connectivity index (χ1) is 9.28. The van der Waals surface area contributed by atoms with E-state index in [9.17, 15) is 0 Å². The monoisotopic (exact) mass is 260 g/mol. The molecule has 106 valence electrons. The van der Waals surface area contributed by atoms with Gasteiger partial charge in [0.25, 0.3) is 0 Å². The van der Waals surface area contributed by atoms with Gasteiger partial charge in [-0.2, -0.15) is 0 Å². The summed E-state index contributed by atoms with van der Waals surface area (Å²) in [6.45, 7) is 8.91. The van der Waals surface area contributed by atoms with Crippen LogP contribution in [0.2, 0.25) is 0 Å². The molecule has 0 spiro atoms. The average molecular weight is 260 g/mol. The summed E-state index contributed by atoms with van der Waals surface area (Å²) in [7, 11) is 0. The first-order valence-electron chi connectivity index (χ1n) is 7.79.